The van der Waals surface area contributed by atoms with Gasteiger partial charge in [-0.2, -0.15) is 0 Å². The second-order valence-corrected chi connectivity index (χ2v) is 5.52. The second kappa shape index (κ2) is 5.66. The Labute approximate surface area is 101 Å². The maximum atomic E-state index is 6.01. The van der Waals surface area contributed by atoms with Gasteiger partial charge in [-0.1, -0.05) is 41.9 Å². The van der Waals surface area contributed by atoms with Crippen LogP contribution in [0.1, 0.15) is 26.3 Å². The molecule has 1 aromatic carbocycles. The summed E-state index contributed by atoms with van der Waals surface area (Å²) in [5.74, 6) is 1.18. The third kappa shape index (κ3) is 3.96. The summed E-state index contributed by atoms with van der Waals surface area (Å²) in [6.45, 7) is 6.58. The number of rotatable bonds is 4. The van der Waals surface area contributed by atoms with Gasteiger partial charge in [-0.25, -0.2) is 0 Å². The first-order valence-corrected chi connectivity index (χ1v) is 6.30. The Morgan fingerprint density at radius 3 is 2.40 bits per heavy atom. The predicted molar refractivity (Wildman–Crippen MR) is 69.8 cm³/mol. The Morgan fingerprint density at radius 2 is 1.93 bits per heavy atom. The molecule has 2 unspecified atom stereocenters. The highest BCUT2D eigenvalue weighted by molar-refractivity contribution is 9.10. The van der Waals surface area contributed by atoms with Crippen molar-refractivity contribution in [2.45, 2.75) is 33.2 Å². The summed E-state index contributed by atoms with van der Waals surface area (Å²) in [6, 6.07) is 8.74. The first-order chi connectivity index (χ1) is 7.00. The molecule has 1 nitrogen and oxygen atoms in total. The fourth-order valence-electron chi connectivity index (χ4n) is 1.96. The minimum absolute atomic E-state index is 0.254. The number of nitrogens with two attached hydrogens (primary N) is 1. The monoisotopic (exact) mass is 269 g/mol. The first kappa shape index (κ1) is 12.7. The van der Waals surface area contributed by atoms with Crippen molar-refractivity contribution in [3.05, 3.63) is 34.3 Å². The van der Waals surface area contributed by atoms with E-state index >= 15 is 0 Å². The molecule has 0 aromatic heterocycles. The minimum atomic E-state index is 0.254. The summed E-state index contributed by atoms with van der Waals surface area (Å²) < 4.78 is 1.15. The molecule has 1 aromatic rings. The van der Waals surface area contributed by atoms with Gasteiger partial charge in [0.25, 0.3) is 0 Å². The summed E-state index contributed by atoms with van der Waals surface area (Å²) in [4.78, 5) is 0. The van der Waals surface area contributed by atoms with E-state index in [1.165, 1.54) is 5.56 Å². The molecule has 1 rings (SSSR count). The summed E-state index contributed by atoms with van der Waals surface area (Å²) >= 11 is 3.49. The fourth-order valence-corrected chi connectivity index (χ4v) is 2.41. The van der Waals surface area contributed by atoms with Crippen LogP contribution in [0, 0.1) is 11.8 Å². The second-order valence-electron chi connectivity index (χ2n) is 4.60. The van der Waals surface area contributed by atoms with E-state index in [0.717, 1.165) is 10.9 Å². The molecule has 2 heteroatoms. The van der Waals surface area contributed by atoms with E-state index in [1.54, 1.807) is 0 Å². The lowest BCUT2D eigenvalue weighted by atomic mass is 9.84. The molecule has 84 valence electrons. The molecule has 15 heavy (non-hydrogen) atoms. The quantitative estimate of drug-likeness (QED) is 0.888. The zero-order chi connectivity index (χ0) is 11.4. The van der Waals surface area contributed by atoms with Crippen molar-refractivity contribution >= 4 is 15.9 Å². The summed E-state index contributed by atoms with van der Waals surface area (Å²) in [5, 5.41) is 0. The lowest BCUT2D eigenvalue weighted by Gasteiger charge is -2.24. The molecule has 0 saturated carbocycles. The van der Waals surface area contributed by atoms with E-state index in [-0.39, 0.29) is 6.04 Å². The van der Waals surface area contributed by atoms with Gasteiger partial charge in [0.15, 0.2) is 0 Å². The van der Waals surface area contributed by atoms with Gasteiger partial charge in [-0.3, -0.25) is 0 Å². The lowest BCUT2D eigenvalue weighted by molar-refractivity contribution is 0.330. The molecule has 0 radical (unpaired) electrons. The van der Waals surface area contributed by atoms with Crippen molar-refractivity contribution in [2.24, 2.45) is 17.6 Å². The number of hydrogen-bond acceptors (Lipinski definition) is 1. The van der Waals surface area contributed by atoms with Crippen molar-refractivity contribution in [1.82, 2.24) is 0 Å². The molecule has 0 aliphatic rings. The first-order valence-electron chi connectivity index (χ1n) is 5.50. The molecule has 0 saturated heterocycles. The zero-order valence-corrected chi connectivity index (χ0v) is 11.3. The average Bonchev–Trinajstić information content (AvgIpc) is 2.13. The van der Waals surface area contributed by atoms with Crippen LogP contribution in [-0.4, -0.2) is 6.04 Å². The Morgan fingerprint density at radius 1 is 1.27 bits per heavy atom. The van der Waals surface area contributed by atoms with Crippen molar-refractivity contribution in [3.63, 3.8) is 0 Å². The van der Waals surface area contributed by atoms with Gasteiger partial charge < -0.3 is 5.73 Å². The molecule has 0 aliphatic heterocycles. The molecule has 0 aliphatic carbocycles. The summed E-state index contributed by atoms with van der Waals surface area (Å²) in [5.41, 5.74) is 7.37. The molecule has 2 N–H and O–H groups in total. The fraction of sp³-hybridized carbons (Fsp3) is 0.538. The van der Waals surface area contributed by atoms with Crippen LogP contribution < -0.4 is 5.73 Å². The standard InChI is InChI=1S/C13H20BrN/c1-9(2)13(10(3)15)8-11-5-4-6-12(14)7-11/h4-7,9-10,13H,8,15H2,1-3H3. The number of benzene rings is 1. The Hall–Kier alpha value is -0.340. The van der Waals surface area contributed by atoms with Crippen LogP contribution in [0.3, 0.4) is 0 Å². The average molecular weight is 270 g/mol. The Bertz CT molecular complexity index is 299. The van der Waals surface area contributed by atoms with E-state index in [2.05, 4.69) is 61.0 Å². The zero-order valence-electron chi connectivity index (χ0n) is 9.70. The van der Waals surface area contributed by atoms with Gasteiger partial charge in [-0.15, -0.1) is 0 Å². The van der Waals surface area contributed by atoms with E-state index in [9.17, 15) is 0 Å². The van der Waals surface area contributed by atoms with Crippen LogP contribution >= 0.6 is 15.9 Å². The van der Waals surface area contributed by atoms with E-state index in [1.807, 2.05) is 0 Å². The van der Waals surface area contributed by atoms with E-state index in [4.69, 9.17) is 5.73 Å². The summed E-state index contributed by atoms with van der Waals surface area (Å²) in [7, 11) is 0. The Kier molecular flexibility index (Phi) is 4.81. The molecule has 0 bridgehead atoms. The number of halogens is 1. The van der Waals surface area contributed by atoms with E-state index < -0.39 is 0 Å². The highest BCUT2D eigenvalue weighted by Crippen LogP contribution is 2.21. The van der Waals surface area contributed by atoms with Crippen LogP contribution in [0.5, 0.6) is 0 Å². The topological polar surface area (TPSA) is 26.0 Å². The highest BCUT2D eigenvalue weighted by atomic mass is 79.9. The molecular formula is C13H20BrN. The van der Waals surface area contributed by atoms with Crippen LogP contribution in [0.4, 0.5) is 0 Å². The predicted octanol–water partition coefficient (Wildman–Crippen LogP) is 3.61. The lowest BCUT2D eigenvalue weighted by Crippen LogP contribution is -2.32. The smallest absolute Gasteiger partial charge is 0.0177 e. The highest BCUT2D eigenvalue weighted by Gasteiger charge is 2.18. The molecule has 2 atom stereocenters. The molecule has 0 fully saturated rings. The van der Waals surface area contributed by atoms with Crippen LogP contribution in [0.2, 0.25) is 0 Å². The third-order valence-electron chi connectivity index (χ3n) is 2.89. The van der Waals surface area contributed by atoms with Gasteiger partial charge in [0.05, 0.1) is 0 Å². The van der Waals surface area contributed by atoms with Gasteiger partial charge in [0.2, 0.25) is 0 Å². The van der Waals surface area contributed by atoms with Crippen molar-refractivity contribution in [2.75, 3.05) is 0 Å². The van der Waals surface area contributed by atoms with Gasteiger partial charge in [0.1, 0.15) is 0 Å². The molecular weight excluding hydrogens is 250 g/mol. The third-order valence-corrected chi connectivity index (χ3v) is 3.39. The Balaban J connectivity index is 2.74. The maximum absolute atomic E-state index is 6.01. The van der Waals surface area contributed by atoms with Gasteiger partial charge in [0, 0.05) is 10.5 Å². The SMILES string of the molecule is CC(C)C(Cc1cccc(Br)c1)C(C)N. The van der Waals surface area contributed by atoms with Crippen LogP contribution in [0.15, 0.2) is 28.7 Å². The molecule has 0 amide bonds. The van der Waals surface area contributed by atoms with Gasteiger partial charge >= 0.3 is 0 Å². The van der Waals surface area contributed by atoms with E-state index in [0.29, 0.717) is 11.8 Å². The van der Waals surface area contributed by atoms with Gasteiger partial charge in [-0.05, 0) is 42.9 Å². The van der Waals surface area contributed by atoms with Crippen molar-refractivity contribution in [3.8, 4) is 0 Å². The molecule has 0 heterocycles. The normalized spacial score (nSPS) is 15.3. The largest absolute Gasteiger partial charge is 0.328 e. The summed E-state index contributed by atoms with van der Waals surface area (Å²) in [6.07, 6.45) is 1.06. The maximum Gasteiger partial charge on any atom is 0.0177 e. The van der Waals surface area contributed by atoms with Crippen LogP contribution in [0.25, 0.3) is 0 Å². The number of hydrogen-bond donors (Lipinski definition) is 1. The molecule has 0 spiro atoms. The van der Waals surface area contributed by atoms with Crippen LogP contribution in [-0.2, 0) is 6.42 Å². The van der Waals surface area contributed by atoms with Crippen molar-refractivity contribution in [1.29, 1.82) is 0 Å². The minimum Gasteiger partial charge on any atom is -0.328 e. The van der Waals surface area contributed by atoms with Crippen molar-refractivity contribution < 1.29 is 0 Å².